The van der Waals surface area contributed by atoms with Crippen molar-refractivity contribution in [1.82, 2.24) is 0 Å². The molecule has 5 rings (SSSR count). The Hall–Kier alpha value is -0.410. The molecule has 0 aromatic carbocycles. The predicted molar refractivity (Wildman–Crippen MR) is 96.0 cm³/mol. The molecule has 3 nitrogen and oxygen atoms in total. The molecule has 3 heteroatoms. The van der Waals surface area contributed by atoms with Gasteiger partial charge in [-0.05, 0) is 81.5 Å². The average Bonchev–Trinajstić information content (AvgIpc) is 3.12. The number of ether oxygens (including phenoxy) is 1. The number of hydrogen-bond acceptors (Lipinski definition) is 3. The summed E-state index contributed by atoms with van der Waals surface area (Å²) in [6.07, 6.45) is 10.3. The van der Waals surface area contributed by atoms with Crippen molar-refractivity contribution in [1.29, 1.82) is 0 Å². The predicted octanol–water partition coefficient (Wildman–Crippen LogP) is 4.12. The van der Waals surface area contributed by atoms with Crippen LogP contribution in [0.3, 0.4) is 0 Å². The Balaban J connectivity index is 1.50. The fourth-order valence-corrected chi connectivity index (χ4v) is 8.76. The Morgan fingerprint density at radius 3 is 2.68 bits per heavy atom. The maximum atomic E-state index is 12.4. The van der Waals surface area contributed by atoms with Crippen LogP contribution in [0.4, 0.5) is 0 Å². The lowest BCUT2D eigenvalue weighted by Gasteiger charge is -2.59. The summed E-state index contributed by atoms with van der Waals surface area (Å²) in [7, 11) is 0. The number of aliphatic hydroxyl groups is 1. The van der Waals surface area contributed by atoms with Crippen molar-refractivity contribution in [2.24, 2.45) is 34.5 Å². The highest BCUT2D eigenvalue weighted by Gasteiger charge is 2.76. The van der Waals surface area contributed by atoms with E-state index in [-0.39, 0.29) is 22.5 Å². The number of aliphatic hydroxyl groups excluding tert-OH is 1. The SMILES string of the molecule is CCC12CCC3C(C[C@H]4O[C@]45CC(O)CCC35C)C1CCC2C(C)=O. The molecule has 5 fully saturated rings. The van der Waals surface area contributed by atoms with E-state index in [0.717, 1.165) is 49.9 Å². The molecule has 1 N–H and O–H groups in total. The highest BCUT2D eigenvalue weighted by molar-refractivity contribution is 5.79. The van der Waals surface area contributed by atoms with E-state index in [2.05, 4.69) is 13.8 Å². The first-order valence-electron chi connectivity index (χ1n) is 10.7. The lowest BCUT2D eigenvalue weighted by Crippen LogP contribution is -2.59. The average molecular weight is 347 g/mol. The molecule has 0 aromatic heterocycles. The van der Waals surface area contributed by atoms with Crippen LogP contribution in [-0.4, -0.2) is 28.7 Å². The second-order valence-electron chi connectivity index (χ2n) is 10.3. The highest BCUT2D eigenvalue weighted by Crippen LogP contribution is 2.74. The van der Waals surface area contributed by atoms with E-state index in [9.17, 15) is 9.90 Å². The summed E-state index contributed by atoms with van der Waals surface area (Å²) in [5.41, 5.74) is 0.497. The molecule has 1 spiro atoms. The maximum Gasteiger partial charge on any atom is 0.133 e. The minimum atomic E-state index is -0.165. The van der Waals surface area contributed by atoms with E-state index in [4.69, 9.17) is 4.74 Å². The van der Waals surface area contributed by atoms with Crippen molar-refractivity contribution in [3.63, 3.8) is 0 Å². The number of Topliss-reactive ketones (excluding diaryl/α,β-unsaturated/α-hetero) is 1. The summed E-state index contributed by atoms with van der Waals surface area (Å²) >= 11 is 0. The number of ketones is 1. The number of hydrogen-bond donors (Lipinski definition) is 1. The number of rotatable bonds is 2. The van der Waals surface area contributed by atoms with E-state index in [1.54, 1.807) is 0 Å². The van der Waals surface area contributed by atoms with Crippen LogP contribution >= 0.6 is 0 Å². The van der Waals surface area contributed by atoms with E-state index in [1.807, 2.05) is 6.92 Å². The van der Waals surface area contributed by atoms with Gasteiger partial charge >= 0.3 is 0 Å². The minimum absolute atomic E-state index is 0.0172. The molecule has 25 heavy (non-hydrogen) atoms. The molecule has 0 aromatic rings. The van der Waals surface area contributed by atoms with Crippen molar-refractivity contribution in [2.45, 2.75) is 96.4 Å². The van der Waals surface area contributed by atoms with Gasteiger partial charge in [0.2, 0.25) is 0 Å². The molecule has 7 unspecified atom stereocenters. The third kappa shape index (κ3) is 1.87. The largest absolute Gasteiger partial charge is 0.393 e. The third-order valence-electron chi connectivity index (χ3n) is 9.92. The normalized spacial score (nSPS) is 59.4. The quantitative estimate of drug-likeness (QED) is 0.765. The van der Waals surface area contributed by atoms with Gasteiger partial charge in [0.25, 0.3) is 0 Å². The molecule has 1 heterocycles. The molecule has 4 aliphatic carbocycles. The molecule has 0 bridgehead atoms. The lowest BCUT2D eigenvalue weighted by atomic mass is 9.44. The lowest BCUT2D eigenvalue weighted by molar-refractivity contribution is -0.136. The molecule has 5 aliphatic rings. The zero-order valence-corrected chi connectivity index (χ0v) is 16.1. The van der Waals surface area contributed by atoms with Crippen molar-refractivity contribution in [3.8, 4) is 0 Å². The van der Waals surface area contributed by atoms with Crippen LogP contribution in [0.5, 0.6) is 0 Å². The van der Waals surface area contributed by atoms with Crippen LogP contribution in [-0.2, 0) is 9.53 Å². The van der Waals surface area contributed by atoms with Crippen molar-refractivity contribution < 1.29 is 14.6 Å². The standard InChI is InChI=1S/C22H34O3/c1-4-21-10-8-17-15(18(21)6-5-16(21)13(2)23)11-19-22(25-19)12-14(24)7-9-20(17,22)3/h14-19,24H,4-12H2,1-3H3/t14?,15?,16?,17?,18?,19-,20?,21?,22-/m1/s1. The first-order valence-corrected chi connectivity index (χ1v) is 10.7. The van der Waals surface area contributed by atoms with Gasteiger partial charge in [-0.3, -0.25) is 4.79 Å². The summed E-state index contributed by atoms with van der Waals surface area (Å²) in [6, 6.07) is 0. The summed E-state index contributed by atoms with van der Waals surface area (Å²) in [5, 5.41) is 10.3. The third-order valence-corrected chi connectivity index (χ3v) is 9.92. The zero-order chi connectivity index (χ0) is 17.6. The topological polar surface area (TPSA) is 49.8 Å². The van der Waals surface area contributed by atoms with Gasteiger partial charge in [0.15, 0.2) is 0 Å². The first kappa shape index (κ1) is 16.7. The number of carbonyl (C=O) groups is 1. The molecule has 9 atom stereocenters. The van der Waals surface area contributed by atoms with Gasteiger partial charge in [0, 0.05) is 17.8 Å². The van der Waals surface area contributed by atoms with E-state index in [1.165, 1.54) is 25.7 Å². The van der Waals surface area contributed by atoms with Crippen molar-refractivity contribution in [2.75, 3.05) is 0 Å². The molecular formula is C22H34O3. The molecule has 1 saturated heterocycles. The Morgan fingerprint density at radius 1 is 1.16 bits per heavy atom. The Labute approximate surface area is 151 Å². The summed E-state index contributed by atoms with van der Waals surface area (Å²) < 4.78 is 6.40. The first-order chi connectivity index (χ1) is 11.9. The molecule has 0 amide bonds. The molecule has 4 saturated carbocycles. The summed E-state index contributed by atoms with van der Waals surface area (Å²) in [5.74, 6) is 2.92. The van der Waals surface area contributed by atoms with Crippen molar-refractivity contribution in [3.05, 3.63) is 0 Å². The van der Waals surface area contributed by atoms with Crippen molar-refractivity contribution >= 4 is 5.78 Å². The Bertz CT molecular complexity index is 602. The van der Waals surface area contributed by atoms with Crippen LogP contribution in [0.25, 0.3) is 0 Å². The Kier molecular flexibility index (Phi) is 3.41. The monoisotopic (exact) mass is 346 g/mol. The maximum absolute atomic E-state index is 12.4. The molecular weight excluding hydrogens is 312 g/mol. The smallest absolute Gasteiger partial charge is 0.133 e. The fourth-order valence-electron chi connectivity index (χ4n) is 8.76. The molecule has 0 radical (unpaired) electrons. The van der Waals surface area contributed by atoms with Crippen LogP contribution in [0.1, 0.15) is 78.6 Å². The second kappa shape index (κ2) is 5.10. The zero-order valence-electron chi connectivity index (χ0n) is 16.1. The van der Waals surface area contributed by atoms with Gasteiger partial charge in [0.05, 0.1) is 12.2 Å². The van der Waals surface area contributed by atoms with E-state index >= 15 is 0 Å². The summed E-state index contributed by atoms with van der Waals surface area (Å²) in [4.78, 5) is 12.4. The van der Waals surface area contributed by atoms with E-state index < -0.39 is 0 Å². The second-order valence-corrected chi connectivity index (χ2v) is 10.3. The number of fused-ring (bicyclic) bond motifs is 4. The Morgan fingerprint density at radius 2 is 1.96 bits per heavy atom. The van der Waals surface area contributed by atoms with Gasteiger partial charge in [-0.1, -0.05) is 13.8 Å². The number of epoxide rings is 1. The molecule has 140 valence electrons. The summed E-state index contributed by atoms with van der Waals surface area (Å²) in [6.45, 7) is 6.64. The van der Waals surface area contributed by atoms with Gasteiger partial charge in [-0.15, -0.1) is 0 Å². The van der Waals surface area contributed by atoms with Crippen LogP contribution in [0, 0.1) is 34.5 Å². The van der Waals surface area contributed by atoms with Gasteiger partial charge in [-0.25, -0.2) is 0 Å². The highest BCUT2D eigenvalue weighted by atomic mass is 16.6. The minimum Gasteiger partial charge on any atom is -0.393 e. The van der Waals surface area contributed by atoms with Gasteiger partial charge in [-0.2, -0.15) is 0 Å². The van der Waals surface area contributed by atoms with Crippen LogP contribution in [0.2, 0.25) is 0 Å². The number of carbonyl (C=O) groups excluding carboxylic acids is 1. The molecule has 1 aliphatic heterocycles. The van der Waals surface area contributed by atoms with Gasteiger partial charge in [0.1, 0.15) is 11.4 Å². The van der Waals surface area contributed by atoms with E-state index in [0.29, 0.717) is 17.8 Å². The van der Waals surface area contributed by atoms with Crippen LogP contribution in [0.15, 0.2) is 0 Å². The fraction of sp³-hybridized carbons (Fsp3) is 0.955. The van der Waals surface area contributed by atoms with Gasteiger partial charge < -0.3 is 9.84 Å². The van der Waals surface area contributed by atoms with Crippen LogP contribution < -0.4 is 0 Å².